The summed E-state index contributed by atoms with van der Waals surface area (Å²) < 4.78 is 50.3. The minimum atomic E-state index is -3.98. The third-order valence-corrected chi connectivity index (χ3v) is 9.27. The molecule has 1 saturated heterocycles. The summed E-state index contributed by atoms with van der Waals surface area (Å²) in [6.45, 7) is 5.54. The average molecular weight is 449 g/mol. The van der Waals surface area contributed by atoms with Crippen LogP contribution in [-0.2, 0) is 19.7 Å². The molecule has 0 bridgehead atoms. The van der Waals surface area contributed by atoms with E-state index >= 15 is 0 Å². The van der Waals surface area contributed by atoms with Crippen LogP contribution in [0.3, 0.4) is 0 Å². The molecule has 1 aliphatic heterocycles. The van der Waals surface area contributed by atoms with Gasteiger partial charge in [0.25, 0.3) is 0 Å². The van der Waals surface area contributed by atoms with Crippen LogP contribution in [0.4, 0.5) is 5.00 Å². The van der Waals surface area contributed by atoms with E-state index in [4.69, 9.17) is 11.6 Å². The topological polar surface area (TPSA) is 84.4 Å². The van der Waals surface area contributed by atoms with Crippen molar-refractivity contribution in [3.05, 3.63) is 29.3 Å². The van der Waals surface area contributed by atoms with Gasteiger partial charge in [-0.15, -0.1) is 0 Å². The number of hydrogen-bond acceptors (Lipinski definition) is 7. The number of aromatic nitrogens is 1. The molecule has 27 heavy (non-hydrogen) atoms. The summed E-state index contributed by atoms with van der Waals surface area (Å²) in [6.07, 6.45) is 2.09. The van der Waals surface area contributed by atoms with Crippen molar-refractivity contribution in [2.75, 3.05) is 24.2 Å². The smallest absolute Gasteiger partial charge is 0.226 e. The molecule has 1 aromatic carbocycles. The largest absolute Gasteiger partial charge is 0.360 e. The van der Waals surface area contributed by atoms with Gasteiger partial charge in [-0.3, -0.25) is 0 Å². The standard InChI is InChI=1S/C17H21ClN2O4S3/c1-11-8-12(2)10-20(9-11)16-15(19-17(25-16)26(3,21)22)27(23,24)14-6-4-13(18)5-7-14/h4-7,11-12H,8-10H2,1-3H3/t11-,12-/m1/s1. The number of hydrogen-bond donors (Lipinski definition) is 0. The zero-order valence-electron chi connectivity index (χ0n) is 15.2. The third-order valence-electron chi connectivity index (χ3n) is 4.41. The van der Waals surface area contributed by atoms with E-state index in [1.165, 1.54) is 24.3 Å². The van der Waals surface area contributed by atoms with E-state index in [2.05, 4.69) is 18.8 Å². The Morgan fingerprint density at radius 3 is 2.15 bits per heavy atom. The first-order chi connectivity index (χ1) is 12.5. The molecule has 1 aliphatic rings. The molecule has 0 radical (unpaired) electrons. The van der Waals surface area contributed by atoms with Gasteiger partial charge in [-0.25, -0.2) is 21.8 Å². The minimum Gasteiger partial charge on any atom is -0.360 e. The minimum absolute atomic E-state index is 0.0385. The van der Waals surface area contributed by atoms with E-state index in [0.29, 0.717) is 34.9 Å². The lowest BCUT2D eigenvalue weighted by molar-refractivity contribution is 0.357. The van der Waals surface area contributed by atoms with Crippen LogP contribution in [-0.4, -0.2) is 41.2 Å². The van der Waals surface area contributed by atoms with Gasteiger partial charge in [0.2, 0.25) is 24.0 Å². The highest BCUT2D eigenvalue weighted by Gasteiger charge is 2.34. The fourth-order valence-corrected chi connectivity index (χ4v) is 7.16. The molecule has 0 saturated carbocycles. The third kappa shape index (κ3) is 4.31. The van der Waals surface area contributed by atoms with Gasteiger partial charge in [-0.1, -0.05) is 36.8 Å². The Labute approximate surface area is 169 Å². The van der Waals surface area contributed by atoms with E-state index in [1.807, 2.05) is 4.90 Å². The Kier molecular flexibility index (Phi) is 5.60. The van der Waals surface area contributed by atoms with Crippen LogP contribution in [0.1, 0.15) is 20.3 Å². The molecule has 2 heterocycles. The van der Waals surface area contributed by atoms with Gasteiger partial charge in [0.1, 0.15) is 5.00 Å². The first-order valence-corrected chi connectivity index (χ1v) is 13.0. The predicted octanol–water partition coefficient (Wildman–Crippen LogP) is 3.52. The van der Waals surface area contributed by atoms with Gasteiger partial charge >= 0.3 is 0 Å². The lowest BCUT2D eigenvalue weighted by Crippen LogP contribution is -2.38. The maximum absolute atomic E-state index is 13.2. The predicted molar refractivity (Wildman–Crippen MR) is 107 cm³/mol. The van der Waals surface area contributed by atoms with E-state index in [1.54, 1.807) is 0 Å². The maximum atomic E-state index is 13.2. The number of rotatable bonds is 4. The normalized spacial score (nSPS) is 21.4. The molecule has 10 heteroatoms. The van der Waals surface area contributed by atoms with Gasteiger partial charge in [0.05, 0.1) is 4.90 Å². The van der Waals surface area contributed by atoms with Gasteiger partial charge < -0.3 is 4.90 Å². The van der Waals surface area contributed by atoms with Gasteiger partial charge in [0.15, 0.2) is 5.03 Å². The molecule has 2 atom stereocenters. The molecule has 0 unspecified atom stereocenters. The van der Waals surface area contributed by atoms with Crippen LogP contribution < -0.4 is 4.90 Å². The number of benzene rings is 1. The highest BCUT2D eigenvalue weighted by Crippen LogP contribution is 2.39. The molecule has 2 aromatic rings. The van der Waals surface area contributed by atoms with E-state index < -0.39 is 19.7 Å². The average Bonchev–Trinajstić information content (AvgIpc) is 3.00. The number of halogens is 1. The number of sulfone groups is 2. The Hall–Kier alpha value is -1.16. The molecule has 0 N–H and O–H groups in total. The molecule has 148 valence electrons. The fraction of sp³-hybridized carbons (Fsp3) is 0.471. The van der Waals surface area contributed by atoms with Crippen molar-refractivity contribution in [2.45, 2.75) is 34.5 Å². The summed E-state index contributed by atoms with van der Waals surface area (Å²) in [4.78, 5) is 6.04. The van der Waals surface area contributed by atoms with Crippen LogP contribution in [0.15, 0.2) is 38.5 Å². The van der Waals surface area contributed by atoms with E-state index in [-0.39, 0.29) is 14.3 Å². The van der Waals surface area contributed by atoms with Crippen LogP contribution >= 0.6 is 22.9 Å². The van der Waals surface area contributed by atoms with Crippen molar-refractivity contribution in [3.8, 4) is 0 Å². The van der Waals surface area contributed by atoms with Crippen LogP contribution in [0.2, 0.25) is 5.02 Å². The maximum Gasteiger partial charge on any atom is 0.226 e. The van der Waals surface area contributed by atoms with Crippen molar-refractivity contribution in [1.29, 1.82) is 0 Å². The molecule has 0 amide bonds. The second kappa shape index (κ2) is 7.35. The second-order valence-corrected chi connectivity index (χ2v) is 12.6. The summed E-state index contributed by atoms with van der Waals surface area (Å²) in [7, 11) is -7.60. The van der Waals surface area contributed by atoms with Crippen molar-refractivity contribution >= 4 is 47.6 Å². The summed E-state index contributed by atoms with van der Waals surface area (Å²) in [5.74, 6) is 0.757. The second-order valence-electron chi connectivity index (χ2n) is 7.17. The Bertz CT molecular complexity index is 1040. The van der Waals surface area contributed by atoms with Crippen LogP contribution in [0.25, 0.3) is 0 Å². The Morgan fingerprint density at radius 2 is 1.63 bits per heavy atom. The van der Waals surface area contributed by atoms with Gasteiger partial charge in [-0.05, 0) is 42.5 Å². The van der Waals surface area contributed by atoms with Crippen molar-refractivity contribution in [2.24, 2.45) is 11.8 Å². The van der Waals surface area contributed by atoms with Gasteiger partial charge in [0, 0.05) is 24.4 Å². The number of nitrogens with zero attached hydrogens (tertiary/aromatic N) is 2. The lowest BCUT2D eigenvalue weighted by atomic mass is 9.92. The number of anilines is 1. The highest BCUT2D eigenvalue weighted by atomic mass is 35.5. The summed E-state index contributed by atoms with van der Waals surface area (Å²) >= 11 is 6.78. The van der Waals surface area contributed by atoms with Crippen LogP contribution in [0.5, 0.6) is 0 Å². The van der Waals surface area contributed by atoms with Crippen molar-refractivity contribution in [1.82, 2.24) is 4.98 Å². The number of thiazole rings is 1. The van der Waals surface area contributed by atoms with E-state index in [0.717, 1.165) is 24.0 Å². The summed E-state index contributed by atoms with van der Waals surface area (Å²) in [5.41, 5.74) is 0. The fourth-order valence-electron chi connectivity index (χ4n) is 3.37. The van der Waals surface area contributed by atoms with E-state index in [9.17, 15) is 16.8 Å². The lowest BCUT2D eigenvalue weighted by Gasteiger charge is -2.35. The SMILES string of the molecule is C[C@@H]1C[C@@H](C)CN(c2sc(S(C)(=O)=O)nc2S(=O)(=O)c2ccc(Cl)cc2)C1. The quantitative estimate of drug-likeness (QED) is 0.711. The molecular weight excluding hydrogens is 428 g/mol. The van der Waals surface area contributed by atoms with Crippen molar-refractivity contribution in [3.63, 3.8) is 0 Å². The number of piperidine rings is 1. The monoisotopic (exact) mass is 448 g/mol. The highest BCUT2D eigenvalue weighted by molar-refractivity contribution is 7.93. The molecule has 3 rings (SSSR count). The summed E-state index contributed by atoms with van der Waals surface area (Å²) in [5, 5.41) is 0.614. The molecule has 1 aromatic heterocycles. The molecule has 1 fully saturated rings. The van der Waals surface area contributed by atoms with Gasteiger partial charge in [-0.2, -0.15) is 0 Å². The Balaban J connectivity index is 2.16. The zero-order chi connectivity index (χ0) is 20.0. The Morgan fingerprint density at radius 1 is 1.07 bits per heavy atom. The first-order valence-electron chi connectivity index (χ1n) is 8.45. The molecule has 6 nitrogen and oxygen atoms in total. The van der Waals surface area contributed by atoms with Crippen LogP contribution in [0, 0.1) is 11.8 Å². The molecular formula is C17H21ClN2O4S3. The first kappa shape index (κ1) is 20.6. The molecule has 0 spiro atoms. The molecule has 0 aliphatic carbocycles. The zero-order valence-corrected chi connectivity index (χ0v) is 18.4. The van der Waals surface area contributed by atoms with Crippen molar-refractivity contribution < 1.29 is 16.8 Å². The summed E-state index contributed by atoms with van der Waals surface area (Å²) in [6, 6.07) is 5.79.